The molecule has 0 bridgehead atoms. The average molecular weight is 346 g/mol. The van der Waals surface area contributed by atoms with Gasteiger partial charge in [-0.15, -0.1) is 0 Å². The predicted molar refractivity (Wildman–Crippen MR) is 101 cm³/mol. The summed E-state index contributed by atoms with van der Waals surface area (Å²) < 4.78 is 16.3. The molecule has 0 radical (unpaired) electrons. The Morgan fingerprint density at radius 3 is 2.50 bits per heavy atom. The maximum atomic E-state index is 13.2. The molecular formula is C19H23FN2OS. The minimum atomic E-state index is -0.290. The molecule has 0 fully saturated rings. The molecule has 3 nitrogen and oxygen atoms in total. The zero-order valence-electron chi connectivity index (χ0n) is 14.4. The molecule has 24 heavy (non-hydrogen) atoms. The average Bonchev–Trinajstić information content (AvgIpc) is 2.62. The van der Waals surface area contributed by atoms with E-state index in [0.717, 1.165) is 10.6 Å². The first-order chi connectivity index (χ1) is 11.6. The summed E-state index contributed by atoms with van der Waals surface area (Å²) in [6.45, 7) is 7.69. The molecule has 0 saturated carbocycles. The fourth-order valence-corrected chi connectivity index (χ4v) is 2.46. The van der Waals surface area contributed by atoms with Gasteiger partial charge in [-0.05, 0) is 56.1 Å². The summed E-state index contributed by atoms with van der Waals surface area (Å²) in [6, 6.07) is 13.5. The van der Waals surface area contributed by atoms with Gasteiger partial charge in [0.15, 0.2) is 0 Å². The van der Waals surface area contributed by atoms with Crippen molar-refractivity contribution in [2.24, 2.45) is 0 Å². The lowest BCUT2D eigenvalue weighted by atomic mass is 10.1. The maximum Gasteiger partial charge on any atom is 0.257 e. The first kappa shape index (κ1) is 19.8. The first-order valence-electron chi connectivity index (χ1n) is 7.82. The number of halogens is 1. The highest BCUT2D eigenvalue weighted by Gasteiger charge is 2.11. The summed E-state index contributed by atoms with van der Waals surface area (Å²) in [5.74, 6) is -0.472. The van der Waals surface area contributed by atoms with Crippen molar-refractivity contribution in [2.75, 3.05) is 4.72 Å². The Labute approximate surface area is 147 Å². The summed E-state index contributed by atoms with van der Waals surface area (Å²) >= 11 is 1.26. The van der Waals surface area contributed by atoms with Crippen LogP contribution in [0.5, 0.6) is 0 Å². The molecule has 2 aromatic rings. The lowest BCUT2D eigenvalue weighted by Crippen LogP contribution is -2.22. The Morgan fingerprint density at radius 2 is 1.83 bits per heavy atom. The highest BCUT2D eigenvalue weighted by atomic mass is 32.2. The molecule has 2 N–H and O–H groups in total. The van der Waals surface area contributed by atoms with Crippen molar-refractivity contribution in [1.82, 2.24) is 5.32 Å². The third-order valence-corrected chi connectivity index (χ3v) is 3.80. The van der Waals surface area contributed by atoms with Gasteiger partial charge < -0.3 is 10.0 Å². The topological polar surface area (TPSA) is 41.1 Å². The van der Waals surface area contributed by atoms with E-state index in [4.69, 9.17) is 0 Å². The van der Waals surface area contributed by atoms with Crippen LogP contribution in [0.2, 0.25) is 0 Å². The second kappa shape index (κ2) is 10.5. The van der Waals surface area contributed by atoms with Gasteiger partial charge in [-0.1, -0.05) is 38.1 Å². The predicted octanol–water partition coefficient (Wildman–Crippen LogP) is 5.62. The van der Waals surface area contributed by atoms with Crippen molar-refractivity contribution in [2.45, 2.75) is 32.6 Å². The third kappa shape index (κ3) is 6.08. The van der Waals surface area contributed by atoms with Gasteiger partial charge in [0, 0.05) is 10.6 Å². The van der Waals surface area contributed by atoms with Gasteiger partial charge >= 0.3 is 0 Å². The number of rotatable bonds is 5. The van der Waals surface area contributed by atoms with E-state index in [-0.39, 0.29) is 11.7 Å². The number of carbonyl (C=O) groups is 1. The molecule has 0 aliphatic rings. The van der Waals surface area contributed by atoms with Gasteiger partial charge in [0.1, 0.15) is 5.82 Å². The molecule has 0 heterocycles. The number of hydrogen-bond acceptors (Lipinski definition) is 3. The van der Waals surface area contributed by atoms with Crippen LogP contribution in [-0.2, 0) is 0 Å². The minimum Gasteiger partial charge on any atom is -0.326 e. The van der Waals surface area contributed by atoms with Crippen molar-refractivity contribution >= 4 is 23.5 Å². The molecule has 0 atom stereocenters. The molecule has 1 amide bonds. The number of nitrogens with one attached hydrogen (secondary N) is 2. The Morgan fingerprint density at radius 1 is 1.12 bits per heavy atom. The van der Waals surface area contributed by atoms with Crippen LogP contribution >= 0.6 is 11.9 Å². The van der Waals surface area contributed by atoms with Crippen LogP contribution in [0.25, 0.3) is 0 Å². The quantitative estimate of drug-likeness (QED) is 0.690. The lowest BCUT2D eigenvalue weighted by molar-refractivity contribution is 0.0967. The van der Waals surface area contributed by atoms with Crippen molar-refractivity contribution in [3.05, 3.63) is 71.7 Å². The highest BCUT2D eigenvalue weighted by Crippen LogP contribution is 2.24. The molecule has 0 saturated heterocycles. The largest absolute Gasteiger partial charge is 0.326 e. The summed E-state index contributed by atoms with van der Waals surface area (Å²) in [6.07, 6.45) is 1.83. The Bertz CT molecular complexity index is 701. The Hall–Kier alpha value is -2.27. The Balaban J connectivity index is 0.00000139. The number of amides is 1. The molecule has 2 rings (SSSR count). The van der Waals surface area contributed by atoms with Gasteiger partial charge in [-0.3, -0.25) is 4.79 Å². The first-order valence-corrected chi connectivity index (χ1v) is 8.63. The fraction of sp³-hybridized carbons (Fsp3) is 0.211. The summed E-state index contributed by atoms with van der Waals surface area (Å²) in [4.78, 5) is 13.0. The monoisotopic (exact) mass is 346 g/mol. The standard InChI is InChI=1S/C17H17FN2OS.C2H6/c1-3-12(2)19-17(21)15-9-4-5-10-16(15)20-22-14-8-6-7-13(18)11-14;1-2/h3-11,20H,1-2H3,(H,19,21);1-2H3/b12-3+;. The Kier molecular flexibility index (Phi) is 8.65. The molecule has 0 aliphatic carbocycles. The van der Waals surface area contributed by atoms with E-state index in [1.54, 1.807) is 24.3 Å². The number of benzene rings is 2. The molecule has 0 spiro atoms. The van der Waals surface area contributed by atoms with Crippen molar-refractivity contribution < 1.29 is 9.18 Å². The van der Waals surface area contributed by atoms with E-state index in [0.29, 0.717) is 11.3 Å². The molecule has 0 aromatic heterocycles. The van der Waals surface area contributed by atoms with E-state index < -0.39 is 0 Å². The molecule has 128 valence electrons. The number of anilines is 1. The van der Waals surface area contributed by atoms with E-state index >= 15 is 0 Å². The van der Waals surface area contributed by atoms with Crippen molar-refractivity contribution in [3.8, 4) is 0 Å². The summed E-state index contributed by atoms with van der Waals surface area (Å²) in [5.41, 5.74) is 2.00. The van der Waals surface area contributed by atoms with Crippen LogP contribution in [0, 0.1) is 5.82 Å². The summed E-state index contributed by atoms with van der Waals surface area (Å²) in [7, 11) is 0. The fourth-order valence-electron chi connectivity index (χ4n) is 1.73. The smallest absolute Gasteiger partial charge is 0.257 e. The van der Waals surface area contributed by atoms with E-state index in [1.165, 1.54) is 24.1 Å². The van der Waals surface area contributed by atoms with Crippen molar-refractivity contribution in [1.29, 1.82) is 0 Å². The number of allylic oxidation sites excluding steroid dienone is 2. The van der Waals surface area contributed by atoms with Gasteiger partial charge in [0.2, 0.25) is 0 Å². The maximum absolute atomic E-state index is 13.2. The van der Waals surface area contributed by atoms with Gasteiger partial charge in [-0.2, -0.15) is 0 Å². The zero-order valence-corrected chi connectivity index (χ0v) is 15.2. The van der Waals surface area contributed by atoms with Crippen LogP contribution < -0.4 is 10.0 Å². The zero-order chi connectivity index (χ0) is 17.9. The molecule has 0 unspecified atom stereocenters. The van der Waals surface area contributed by atoms with Crippen LogP contribution in [0.4, 0.5) is 10.1 Å². The molecule has 5 heteroatoms. The van der Waals surface area contributed by atoms with Gasteiger partial charge in [0.05, 0.1) is 11.3 Å². The van der Waals surface area contributed by atoms with Gasteiger partial charge in [-0.25, -0.2) is 4.39 Å². The van der Waals surface area contributed by atoms with Crippen LogP contribution in [-0.4, -0.2) is 5.91 Å². The van der Waals surface area contributed by atoms with Gasteiger partial charge in [0.25, 0.3) is 5.91 Å². The lowest BCUT2D eigenvalue weighted by Gasteiger charge is -2.11. The van der Waals surface area contributed by atoms with E-state index in [2.05, 4.69) is 10.0 Å². The number of para-hydroxylation sites is 1. The highest BCUT2D eigenvalue weighted by molar-refractivity contribution is 8.00. The number of carbonyl (C=O) groups excluding carboxylic acids is 1. The van der Waals surface area contributed by atoms with Crippen LogP contribution in [0.1, 0.15) is 38.1 Å². The molecular weight excluding hydrogens is 323 g/mol. The third-order valence-electron chi connectivity index (χ3n) is 2.99. The normalized spacial score (nSPS) is 10.5. The van der Waals surface area contributed by atoms with Crippen molar-refractivity contribution in [3.63, 3.8) is 0 Å². The summed E-state index contributed by atoms with van der Waals surface area (Å²) in [5, 5.41) is 2.81. The number of hydrogen-bond donors (Lipinski definition) is 2. The van der Waals surface area contributed by atoms with E-state index in [9.17, 15) is 9.18 Å². The molecule has 2 aromatic carbocycles. The van der Waals surface area contributed by atoms with Crippen LogP contribution in [0.15, 0.2) is 65.2 Å². The SMILES string of the molecule is C/C=C(\C)NC(=O)c1ccccc1NSc1cccc(F)c1.CC. The van der Waals surface area contributed by atoms with E-state index in [1.807, 2.05) is 45.9 Å². The minimum absolute atomic E-state index is 0.182. The van der Waals surface area contributed by atoms with Crippen LogP contribution in [0.3, 0.4) is 0 Å². The second-order valence-electron chi connectivity index (χ2n) is 4.63. The molecule has 0 aliphatic heterocycles. The second-order valence-corrected chi connectivity index (χ2v) is 5.51.